The Morgan fingerprint density at radius 2 is 1.83 bits per heavy atom. The van der Waals surface area contributed by atoms with Crippen LogP contribution in [0.5, 0.6) is 0 Å². The van der Waals surface area contributed by atoms with Gasteiger partial charge < -0.3 is 9.22 Å². The quantitative estimate of drug-likeness (QED) is 0.538. The first-order valence-corrected chi connectivity index (χ1v) is 9.10. The molecule has 0 spiro atoms. The van der Waals surface area contributed by atoms with Gasteiger partial charge in [-0.1, -0.05) is 37.3 Å². The topological polar surface area (TPSA) is 26.3 Å². The summed E-state index contributed by atoms with van der Waals surface area (Å²) in [5.74, 6) is 0.562. The molecule has 23 heavy (non-hydrogen) atoms. The van der Waals surface area contributed by atoms with E-state index < -0.39 is 0 Å². The minimum absolute atomic E-state index is 0.0235. The molecule has 1 fully saturated rings. The number of benzene rings is 1. The number of carbonyl (C=O) groups is 1. The summed E-state index contributed by atoms with van der Waals surface area (Å²) in [6, 6.07) is 10.6. The molecule has 3 heteroatoms. The number of hydrogen-bond donors (Lipinski definition) is 0. The highest BCUT2D eigenvalue weighted by molar-refractivity contribution is 5.70. The molecule has 1 aromatic carbocycles. The fourth-order valence-corrected chi connectivity index (χ4v) is 3.37. The Morgan fingerprint density at radius 1 is 1.13 bits per heavy atom. The van der Waals surface area contributed by atoms with Crippen LogP contribution in [0.1, 0.15) is 44.6 Å². The maximum absolute atomic E-state index is 12.0. The zero-order chi connectivity index (χ0) is 16.5. The average Bonchev–Trinajstić information content (AvgIpc) is 2.54. The summed E-state index contributed by atoms with van der Waals surface area (Å²) in [7, 11) is 2.18. The Hall–Kier alpha value is -1.35. The standard InChI is InChI=1S/C20H32NO2/c1-18(11-12-19-9-5-3-6-10-19)13-16-23-20(22)17-21(2)14-7-4-8-15-21/h3,5-6,9-10,18H,4,7-8,11-17H2,1-2H3/q+1/t18-/m1/s1. The predicted molar refractivity (Wildman–Crippen MR) is 94.1 cm³/mol. The summed E-state index contributed by atoms with van der Waals surface area (Å²) in [5, 5.41) is 0. The molecule has 3 nitrogen and oxygen atoms in total. The fourth-order valence-electron chi connectivity index (χ4n) is 3.37. The summed E-state index contributed by atoms with van der Waals surface area (Å²) in [6.07, 6.45) is 6.99. The van der Waals surface area contributed by atoms with Crippen LogP contribution in [-0.4, -0.2) is 43.7 Å². The lowest BCUT2D eigenvalue weighted by molar-refractivity contribution is -0.907. The molecule has 1 saturated heterocycles. The van der Waals surface area contributed by atoms with E-state index in [9.17, 15) is 4.79 Å². The predicted octanol–water partition coefficient (Wildman–Crippen LogP) is 3.82. The zero-order valence-electron chi connectivity index (χ0n) is 14.8. The number of likely N-dealkylation sites (tertiary alicyclic amines) is 1. The van der Waals surface area contributed by atoms with E-state index in [1.54, 1.807) is 0 Å². The number of piperidine rings is 1. The normalized spacial score (nSPS) is 18.3. The maximum Gasteiger partial charge on any atom is 0.361 e. The van der Waals surface area contributed by atoms with Gasteiger partial charge in [0.25, 0.3) is 0 Å². The first-order valence-electron chi connectivity index (χ1n) is 9.10. The second-order valence-corrected chi connectivity index (χ2v) is 7.42. The molecule has 0 aliphatic carbocycles. The first-order chi connectivity index (χ1) is 11.1. The van der Waals surface area contributed by atoms with E-state index in [1.165, 1.54) is 24.8 Å². The molecule has 0 saturated carbocycles. The van der Waals surface area contributed by atoms with Gasteiger partial charge in [-0.15, -0.1) is 0 Å². The number of carbonyl (C=O) groups excluding carboxylic acids is 1. The summed E-state index contributed by atoms with van der Waals surface area (Å²) in [5.41, 5.74) is 1.39. The minimum atomic E-state index is -0.0235. The van der Waals surface area contributed by atoms with Crippen molar-refractivity contribution < 1.29 is 14.0 Å². The van der Waals surface area contributed by atoms with Crippen LogP contribution in [0.2, 0.25) is 0 Å². The van der Waals surface area contributed by atoms with Crippen molar-refractivity contribution in [3.05, 3.63) is 35.9 Å². The van der Waals surface area contributed by atoms with Crippen LogP contribution in [-0.2, 0) is 16.0 Å². The molecule has 1 atom stereocenters. The van der Waals surface area contributed by atoms with E-state index in [2.05, 4.69) is 44.3 Å². The van der Waals surface area contributed by atoms with Gasteiger partial charge in [-0.05, 0) is 50.0 Å². The molecule has 0 N–H and O–H groups in total. The van der Waals surface area contributed by atoms with Gasteiger partial charge in [0.05, 0.1) is 26.7 Å². The van der Waals surface area contributed by atoms with Gasteiger partial charge >= 0.3 is 5.97 Å². The van der Waals surface area contributed by atoms with Crippen LogP contribution in [0.25, 0.3) is 0 Å². The molecule has 1 aromatic rings. The molecular weight excluding hydrogens is 286 g/mol. The monoisotopic (exact) mass is 318 g/mol. The number of ether oxygens (including phenoxy) is 1. The number of hydrogen-bond acceptors (Lipinski definition) is 2. The molecular formula is C20H32NO2+. The molecule has 128 valence electrons. The van der Waals surface area contributed by atoms with E-state index in [1.807, 2.05) is 0 Å². The highest BCUT2D eigenvalue weighted by Gasteiger charge is 2.28. The summed E-state index contributed by atoms with van der Waals surface area (Å²) >= 11 is 0. The van der Waals surface area contributed by atoms with Crippen LogP contribution >= 0.6 is 0 Å². The minimum Gasteiger partial charge on any atom is -0.462 e. The Balaban J connectivity index is 1.59. The highest BCUT2D eigenvalue weighted by atomic mass is 16.5. The molecule has 1 aliphatic rings. The van der Waals surface area contributed by atoms with Crippen LogP contribution < -0.4 is 0 Å². The lowest BCUT2D eigenvalue weighted by Crippen LogP contribution is -2.51. The van der Waals surface area contributed by atoms with Gasteiger partial charge in [0, 0.05) is 0 Å². The molecule has 0 unspecified atom stereocenters. The number of likely N-dealkylation sites (N-methyl/N-ethyl adjacent to an activating group) is 1. The van der Waals surface area contributed by atoms with Crippen LogP contribution in [0, 0.1) is 5.92 Å². The van der Waals surface area contributed by atoms with Crippen molar-refractivity contribution in [3.8, 4) is 0 Å². The lowest BCUT2D eigenvalue weighted by atomic mass is 9.99. The summed E-state index contributed by atoms with van der Waals surface area (Å²) in [6.45, 7) is 5.58. The summed E-state index contributed by atoms with van der Waals surface area (Å²) in [4.78, 5) is 12.0. The van der Waals surface area contributed by atoms with Gasteiger partial charge in [0.2, 0.25) is 0 Å². The van der Waals surface area contributed by atoms with E-state index in [0.29, 0.717) is 19.1 Å². The molecule has 1 aliphatic heterocycles. The Bertz CT molecular complexity index is 466. The summed E-state index contributed by atoms with van der Waals surface area (Å²) < 4.78 is 6.34. The number of quaternary nitrogens is 1. The molecule has 0 aromatic heterocycles. The van der Waals surface area contributed by atoms with Gasteiger partial charge in [0.1, 0.15) is 0 Å². The third kappa shape index (κ3) is 6.74. The Morgan fingerprint density at radius 3 is 2.52 bits per heavy atom. The molecule has 0 bridgehead atoms. The second kappa shape index (κ2) is 9.07. The van der Waals surface area contributed by atoms with Gasteiger partial charge in [-0.3, -0.25) is 0 Å². The van der Waals surface area contributed by atoms with Crippen molar-refractivity contribution in [1.29, 1.82) is 0 Å². The number of esters is 1. The van der Waals surface area contributed by atoms with Crippen molar-refractivity contribution >= 4 is 5.97 Å². The smallest absolute Gasteiger partial charge is 0.361 e. The molecule has 2 rings (SSSR count). The van der Waals surface area contributed by atoms with Crippen molar-refractivity contribution in [2.75, 3.05) is 33.3 Å². The molecule has 1 heterocycles. The maximum atomic E-state index is 12.0. The Kier molecular flexibility index (Phi) is 7.10. The lowest BCUT2D eigenvalue weighted by Gasteiger charge is -2.36. The number of nitrogens with zero attached hydrogens (tertiary/aromatic N) is 1. The SMILES string of the molecule is C[C@@H](CCOC(=O)C[N+]1(C)CCCCC1)CCc1ccccc1. The molecule has 0 amide bonds. The van der Waals surface area contributed by atoms with E-state index in [0.717, 1.165) is 36.8 Å². The van der Waals surface area contributed by atoms with Crippen LogP contribution in [0.15, 0.2) is 30.3 Å². The van der Waals surface area contributed by atoms with E-state index in [4.69, 9.17) is 4.74 Å². The van der Waals surface area contributed by atoms with Gasteiger partial charge in [0.15, 0.2) is 6.54 Å². The van der Waals surface area contributed by atoms with Crippen molar-refractivity contribution in [2.45, 2.75) is 45.4 Å². The number of rotatable bonds is 8. The van der Waals surface area contributed by atoms with Crippen LogP contribution in [0.3, 0.4) is 0 Å². The Labute approximate surface area is 141 Å². The van der Waals surface area contributed by atoms with Crippen molar-refractivity contribution in [2.24, 2.45) is 5.92 Å². The third-order valence-electron chi connectivity index (χ3n) is 5.05. The third-order valence-corrected chi connectivity index (χ3v) is 5.05. The number of aryl methyl sites for hydroxylation is 1. The molecule has 0 radical (unpaired) electrons. The van der Waals surface area contributed by atoms with Crippen molar-refractivity contribution in [1.82, 2.24) is 0 Å². The average molecular weight is 318 g/mol. The van der Waals surface area contributed by atoms with Crippen molar-refractivity contribution in [3.63, 3.8) is 0 Å². The van der Waals surface area contributed by atoms with Gasteiger partial charge in [-0.2, -0.15) is 0 Å². The van der Waals surface area contributed by atoms with Crippen LogP contribution in [0.4, 0.5) is 0 Å². The largest absolute Gasteiger partial charge is 0.462 e. The first kappa shape index (κ1) is 18.0. The van der Waals surface area contributed by atoms with E-state index in [-0.39, 0.29) is 5.97 Å². The van der Waals surface area contributed by atoms with Gasteiger partial charge in [-0.25, -0.2) is 4.79 Å². The fraction of sp³-hybridized carbons (Fsp3) is 0.650. The second-order valence-electron chi connectivity index (χ2n) is 7.42. The van der Waals surface area contributed by atoms with E-state index >= 15 is 0 Å². The highest BCUT2D eigenvalue weighted by Crippen LogP contribution is 2.16. The zero-order valence-corrected chi connectivity index (χ0v) is 14.8.